The van der Waals surface area contributed by atoms with E-state index in [2.05, 4.69) is 10.0 Å². The summed E-state index contributed by atoms with van der Waals surface area (Å²) in [5.74, 6) is -0.340. The largest absolute Gasteiger partial charge is 0.490 e. The van der Waals surface area contributed by atoms with Crippen LogP contribution in [0.5, 0.6) is 5.75 Å². The molecule has 0 radical (unpaired) electrons. The van der Waals surface area contributed by atoms with Crippen molar-refractivity contribution in [1.82, 2.24) is 9.80 Å². The molecule has 11 nitrogen and oxygen atoms in total. The topological polar surface area (TPSA) is 138 Å². The van der Waals surface area contributed by atoms with Crippen LogP contribution in [-0.4, -0.2) is 86.9 Å². The molecule has 0 bridgehead atoms. The number of fused-ring (bicyclic) bond motifs is 1. The van der Waals surface area contributed by atoms with Crippen molar-refractivity contribution in [3.8, 4) is 5.75 Å². The predicted molar refractivity (Wildman–Crippen MR) is 187 cm³/mol. The van der Waals surface area contributed by atoms with Crippen molar-refractivity contribution in [2.45, 2.75) is 70.1 Å². The molecule has 3 amide bonds. The van der Waals surface area contributed by atoms with E-state index in [4.69, 9.17) is 9.47 Å². The number of sulfonamides is 1. The van der Waals surface area contributed by atoms with Gasteiger partial charge >= 0.3 is 6.03 Å². The lowest BCUT2D eigenvalue weighted by atomic mass is 10.0. The highest BCUT2D eigenvalue weighted by Gasteiger charge is 2.31. The van der Waals surface area contributed by atoms with Crippen LogP contribution in [-0.2, 0) is 14.8 Å². The summed E-state index contributed by atoms with van der Waals surface area (Å²) in [5.41, 5.74) is 1.99. The molecule has 1 heterocycles. The molecule has 3 aromatic carbocycles. The first kappa shape index (κ1) is 36.7. The average molecular weight is 681 g/mol. The molecule has 0 aromatic heterocycles. The van der Waals surface area contributed by atoms with E-state index in [1.165, 1.54) is 18.2 Å². The molecule has 4 rings (SSSR count). The van der Waals surface area contributed by atoms with Crippen LogP contribution in [0.3, 0.4) is 0 Å². The van der Waals surface area contributed by atoms with Gasteiger partial charge in [0.25, 0.3) is 15.9 Å². The standard InChI is InChI=1S/C36H48N4O7S/c1-25-14-17-31(18-15-25)48(44,45)38-30-16-19-33-32(21-30)35(42)40(27(3)24-41)22-26(2)34(46-20-10-9-11-28(4)47-33)23-39(5)36(43)37-29-12-7-6-8-13-29/h6-8,12-19,21,26-28,34,38,41H,9-11,20,22-24H2,1-5H3,(H,37,43)/t26-,27-,28+,34+/m1/s1. The highest BCUT2D eigenvalue weighted by atomic mass is 32.2. The summed E-state index contributed by atoms with van der Waals surface area (Å²) in [6, 6.07) is 19.5. The van der Waals surface area contributed by atoms with Crippen molar-refractivity contribution in [2.75, 3.05) is 43.4 Å². The highest BCUT2D eigenvalue weighted by molar-refractivity contribution is 7.92. The summed E-state index contributed by atoms with van der Waals surface area (Å²) in [4.78, 5) is 30.6. The van der Waals surface area contributed by atoms with Gasteiger partial charge < -0.3 is 29.7 Å². The highest BCUT2D eigenvalue weighted by Crippen LogP contribution is 2.29. The van der Waals surface area contributed by atoms with E-state index in [0.717, 1.165) is 18.4 Å². The van der Waals surface area contributed by atoms with E-state index < -0.39 is 28.1 Å². The molecular weight excluding hydrogens is 632 g/mol. The molecule has 260 valence electrons. The molecule has 3 N–H and O–H groups in total. The Balaban J connectivity index is 1.63. The van der Waals surface area contributed by atoms with Gasteiger partial charge in [0.1, 0.15) is 5.75 Å². The Hall–Kier alpha value is -4.13. The summed E-state index contributed by atoms with van der Waals surface area (Å²) < 4.78 is 41.6. The quantitative estimate of drug-likeness (QED) is 0.275. The third-order valence-electron chi connectivity index (χ3n) is 8.46. The maximum absolute atomic E-state index is 14.4. The molecule has 48 heavy (non-hydrogen) atoms. The van der Waals surface area contributed by atoms with Gasteiger partial charge in [-0.2, -0.15) is 0 Å². The lowest BCUT2D eigenvalue weighted by Gasteiger charge is -2.35. The first-order valence-corrected chi connectivity index (χ1v) is 17.9. The summed E-state index contributed by atoms with van der Waals surface area (Å²) >= 11 is 0. The third-order valence-corrected chi connectivity index (χ3v) is 9.86. The van der Waals surface area contributed by atoms with Gasteiger partial charge in [-0.05, 0) is 82.5 Å². The lowest BCUT2D eigenvalue weighted by molar-refractivity contribution is -0.0115. The van der Waals surface area contributed by atoms with Crippen molar-refractivity contribution < 1.29 is 32.6 Å². The monoisotopic (exact) mass is 680 g/mol. The third kappa shape index (κ3) is 9.94. The molecular formula is C36H48N4O7S. The number of aryl methyl sites for hydroxylation is 1. The maximum atomic E-state index is 14.4. The number of carbonyl (C=O) groups is 2. The number of ether oxygens (including phenoxy) is 2. The smallest absolute Gasteiger partial charge is 0.321 e. The molecule has 0 saturated heterocycles. The Morgan fingerprint density at radius 3 is 2.44 bits per heavy atom. The Morgan fingerprint density at radius 1 is 1.04 bits per heavy atom. The summed E-state index contributed by atoms with van der Waals surface area (Å²) in [6.07, 6.45) is 1.65. The molecule has 12 heteroatoms. The van der Waals surface area contributed by atoms with Crippen LogP contribution in [0, 0.1) is 12.8 Å². The van der Waals surface area contributed by atoms with Gasteiger partial charge in [0.2, 0.25) is 0 Å². The molecule has 1 aliphatic heterocycles. The van der Waals surface area contributed by atoms with Crippen LogP contribution < -0.4 is 14.8 Å². The van der Waals surface area contributed by atoms with Gasteiger partial charge in [-0.1, -0.05) is 42.8 Å². The fourth-order valence-electron chi connectivity index (χ4n) is 5.47. The Bertz CT molecular complexity index is 1620. The fraction of sp³-hybridized carbons (Fsp3) is 0.444. The van der Waals surface area contributed by atoms with Crippen molar-refractivity contribution in [1.29, 1.82) is 0 Å². The van der Waals surface area contributed by atoms with Gasteiger partial charge in [0, 0.05) is 44.0 Å². The van der Waals surface area contributed by atoms with E-state index in [0.29, 0.717) is 24.5 Å². The normalized spacial score (nSPS) is 20.1. The van der Waals surface area contributed by atoms with E-state index in [1.54, 1.807) is 48.0 Å². The summed E-state index contributed by atoms with van der Waals surface area (Å²) in [6.45, 7) is 8.15. The lowest BCUT2D eigenvalue weighted by Crippen LogP contribution is -2.48. The van der Waals surface area contributed by atoms with Crippen LogP contribution in [0.25, 0.3) is 0 Å². The number of rotatable bonds is 8. The number of urea groups is 1. The van der Waals surface area contributed by atoms with E-state index in [1.807, 2.05) is 51.1 Å². The zero-order chi connectivity index (χ0) is 34.8. The van der Waals surface area contributed by atoms with Crippen LogP contribution >= 0.6 is 0 Å². The number of anilines is 2. The van der Waals surface area contributed by atoms with Crippen molar-refractivity contribution in [3.63, 3.8) is 0 Å². The zero-order valence-electron chi connectivity index (χ0n) is 28.4. The summed E-state index contributed by atoms with van der Waals surface area (Å²) in [7, 11) is -2.23. The van der Waals surface area contributed by atoms with Crippen molar-refractivity contribution >= 4 is 33.3 Å². The number of carbonyl (C=O) groups excluding carboxylic acids is 2. The number of hydrogen-bond acceptors (Lipinski definition) is 7. The molecule has 1 aliphatic rings. The van der Waals surface area contributed by atoms with Gasteiger partial charge in [-0.3, -0.25) is 9.52 Å². The minimum absolute atomic E-state index is 0.0993. The first-order chi connectivity index (χ1) is 22.9. The maximum Gasteiger partial charge on any atom is 0.321 e. The van der Waals surface area contributed by atoms with Crippen molar-refractivity contribution in [2.24, 2.45) is 5.92 Å². The number of aliphatic hydroxyl groups is 1. The Morgan fingerprint density at radius 2 is 1.75 bits per heavy atom. The van der Waals surface area contributed by atoms with Gasteiger partial charge in [-0.25, -0.2) is 13.2 Å². The SMILES string of the molecule is Cc1ccc(S(=O)(=O)Nc2ccc3c(c2)C(=O)N([C@H](C)CO)C[C@@H](C)[C@H](CN(C)C(=O)Nc2ccccc2)OCCCC[C@H](C)O3)cc1. The van der Waals surface area contributed by atoms with Crippen LogP contribution in [0.15, 0.2) is 77.7 Å². The zero-order valence-corrected chi connectivity index (χ0v) is 29.2. The van der Waals surface area contributed by atoms with Crippen LogP contribution in [0.4, 0.5) is 16.2 Å². The Kier molecular flexibility index (Phi) is 12.9. The molecule has 0 spiro atoms. The number of likely N-dealkylation sites (N-methyl/N-ethyl adjacent to an activating group) is 1. The van der Waals surface area contributed by atoms with Gasteiger partial charge in [0.15, 0.2) is 0 Å². The minimum Gasteiger partial charge on any atom is -0.490 e. The number of aliphatic hydroxyl groups excluding tert-OH is 1. The molecule has 0 fully saturated rings. The number of hydrogen-bond donors (Lipinski definition) is 3. The molecule has 0 unspecified atom stereocenters. The Labute approximate surface area is 284 Å². The summed E-state index contributed by atoms with van der Waals surface area (Å²) in [5, 5.41) is 13.1. The molecule has 3 aromatic rings. The predicted octanol–water partition coefficient (Wildman–Crippen LogP) is 5.76. The second-order valence-electron chi connectivity index (χ2n) is 12.6. The van der Waals surface area contributed by atoms with E-state index in [-0.39, 0.29) is 53.9 Å². The molecule has 0 aliphatic carbocycles. The fourth-order valence-corrected chi connectivity index (χ4v) is 6.52. The van der Waals surface area contributed by atoms with Gasteiger partial charge in [-0.15, -0.1) is 0 Å². The number of nitrogens with zero attached hydrogens (tertiary/aromatic N) is 2. The molecule has 0 saturated carbocycles. The first-order valence-electron chi connectivity index (χ1n) is 16.4. The van der Waals surface area contributed by atoms with Gasteiger partial charge in [0.05, 0.1) is 35.3 Å². The van der Waals surface area contributed by atoms with E-state index >= 15 is 0 Å². The minimum atomic E-state index is -3.93. The van der Waals surface area contributed by atoms with Crippen molar-refractivity contribution in [3.05, 3.63) is 83.9 Å². The number of nitrogens with one attached hydrogen (secondary N) is 2. The number of benzene rings is 3. The van der Waals surface area contributed by atoms with E-state index in [9.17, 15) is 23.1 Å². The second-order valence-corrected chi connectivity index (χ2v) is 14.3. The van der Waals surface area contributed by atoms with Crippen LogP contribution in [0.1, 0.15) is 56.0 Å². The second kappa shape index (κ2) is 16.8. The average Bonchev–Trinajstić information content (AvgIpc) is 3.06. The molecule has 4 atom stereocenters. The van der Waals surface area contributed by atoms with Crippen LogP contribution in [0.2, 0.25) is 0 Å². The number of para-hydroxylation sites is 1. The number of amides is 3.